The third-order valence-electron chi connectivity index (χ3n) is 2.00. The van der Waals surface area contributed by atoms with E-state index in [-0.39, 0.29) is 12.4 Å². The molecule has 0 aliphatic heterocycles. The highest BCUT2D eigenvalue weighted by atomic mass is 35.5. The number of rotatable bonds is 7. The number of nitrogens with zero attached hydrogens (tertiary/aromatic N) is 3. The molecule has 0 bridgehead atoms. The first-order valence-corrected chi connectivity index (χ1v) is 5.39. The van der Waals surface area contributed by atoms with Crippen LogP contribution in [0.5, 0.6) is 0 Å². The van der Waals surface area contributed by atoms with Gasteiger partial charge in [0, 0.05) is 6.54 Å². The fraction of sp³-hybridized carbons (Fsp3) is 0.909. The van der Waals surface area contributed by atoms with Crippen LogP contribution in [-0.2, 0) is 0 Å². The summed E-state index contributed by atoms with van der Waals surface area (Å²) in [4.78, 5) is 10.3. The van der Waals surface area contributed by atoms with E-state index in [0.717, 1.165) is 19.6 Å². The highest BCUT2D eigenvalue weighted by Crippen LogP contribution is 2.05. The topological polar surface area (TPSA) is 28.0 Å². The molecule has 0 rings (SSSR count). The maximum Gasteiger partial charge on any atom is 0.0892 e. The van der Waals surface area contributed by atoms with Crippen LogP contribution in [0.15, 0.2) is 9.98 Å². The normalized spacial score (nSPS) is 11.5. The molecule has 0 amide bonds. The Morgan fingerprint density at radius 3 is 2.47 bits per heavy atom. The van der Waals surface area contributed by atoms with Gasteiger partial charge >= 0.3 is 0 Å². The van der Waals surface area contributed by atoms with E-state index in [1.165, 1.54) is 12.8 Å². The van der Waals surface area contributed by atoms with E-state index in [0.29, 0.717) is 5.92 Å². The molecule has 1 unspecified atom stereocenters. The maximum atomic E-state index is 4.13. The summed E-state index contributed by atoms with van der Waals surface area (Å²) in [6.07, 6.45) is 2.48. The molecule has 0 heterocycles. The molecule has 0 aliphatic rings. The molecular weight excluding hydrogens is 210 g/mol. The average molecular weight is 234 g/mol. The van der Waals surface area contributed by atoms with E-state index in [2.05, 4.69) is 41.9 Å². The summed E-state index contributed by atoms with van der Waals surface area (Å²) in [7, 11) is 4.22. The number of aliphatic imine (C=N–C) groups is 2. The minimum atomic E-state index is 0. The Hall–Kier alpha value is -0.370. The molecule has 0 aromatic rings. The van der Waals surface area contributed by atoms with Gasteiger partial charge in [-0.2, -0.15) is 0 Å². The molecule has 3 nitrogen and oxygen atoms in total. The van der Waals surface area contributed by atoms with E-state index in [1.54, 1.807) is 0 Å². The van der Waals surface area contributed by atoms with Crippen LogP contribution in [0.4, 0.5) is 0 Å². The van der Waals surface area contributed by atoms with Crippen molar-refractivity contribution in [3.63, 3.8) is 0 Å². The largest absolute Gasteiger partial charge is 0.309 e. The lowest BCUT2D eigenvalue weighted by atomic mass is 10.1. The van der Waals surface area contributed by atoms with Crippen molar-refractivity contribution >= 4 is 18.4 Å². The monoisotopic (exact) mass is 233 g/mol. The Bertz CT molecular complexity index is 186. The number of hydrogen-bond acceptors (Lipinski definition) is 3. The van der Waals surface area contributed by atoms with E-state index >= 15 is 0 Å². The van der Waals surface area contributed by atoms with Gasteiger partial charge < -0.3 is 4.90 Å². The average Bonchev–Trinajstić information content (AvgIpc) is 2.12. The van der Waals surface area contributed by atoms with E-state index in [4.69, 9.17) is 0 Å². The highest BCUT2D eigenvalue weighted by Gasteiger charge is 2.00. The van der Waals surface area contributed by atoms with Crippen LogP contribution in [0.1, 0.15) is 26.7 Å². The van der Waals surface area contributed by atoms with Crippen molar-refractivity contribution in [2.24, 2.45) is 15.9 Å². The maximum absolute atomic E-state index is 4.13. The third kappa shape index (κ3) is 13.6. The molecular formula is C11H24ClN3. The Balaban J connectivity index is 0. The van der Waals surface area contributed by atoms with Crippen LogP contribution < -0.4 is 0 Å². The van der Waals surface area contributed by atoms with Crippen LogP contribution in [0.25, 0.3) is 0 Å². The molecule has 15 heavy (non-hydrogen) atoms. The first-order chi connectivity index (χ1) is 6.66. The zero-order valence-electron chi connectivity index (χ0n) is 10.4. The lowest BCUT2D eigenvalue weighted by Gasteiger charge is -2.11. The molecule has 1 atom stereocenters. The van der Waals surface area contributed by atoms with E-state index < -0.39 is 0 Å². The lowest BCUT2D eigenvalue weighted by Crippen LogP contribution is -2.14. The van der Waals surface area contributed by atoms with Crippen molar-refractivity contribution in [2.45, 2.75) is 26.7 Å². The number of hydrogen-bond donors (Lipinski definition) is 0. The molecule has 0 fully saturated rings. The molecule has 0 spiro atoms. The van der Waals surface area contributed by atoms with Crippen LogP contribution in [0.2, 0.25) is 0 Å². The fourth-order valence-corrected chi connectivity index (χ4v) is 1.16. The smallest absolute Gasteiger partial charge is 0.0892 e. The first kappa shape index (κ1) is 17.0. The second kappa shape index (κ2) is 11.7. The molecule has 0 radical (unpaired) electrons. The van der Waals surface area contributed by atoms with Crippen molar-refractivity contribution in [3.8, 4) is 0 Å². The Morgan fingerprint density at radius 1 is 1.27 bits per heavy atom. The summed E-state index contributed by atoms with van der Waals surface area (Å²) in [5.41, 5.74) is 0. The van der Waals surface area contributed by atoms with Crippen molar-refractivity contribution in [1.82, 2.24) is 4.90 Å². The minimum Gasteiger partial charge on any atom is -0.309 e. The lowest BCUT2D eigenvalue weighted by molar-refractivity contribution is 0.374. The molecule has 0 aromatic heterocycles. The standard InChI is InChI=1S/C11H23N3.ClH/c1-5-12-10-13-9-11(2)7-6-8-14(3)4;/h11H,5-9H2,1-4H3;1H. The van der Waals surface area contributed by atoms with Gasteiger partial charge in [-0.05, 0) is 46.3 Å². The predicted octanol–water partition coefficient (Wildman–Crippen LogP) is 2.58. The van der Waals surface area contributed by atoms with Crippen molar-refractivity contribution in [3.05, 3.63) is 0 Å². The van der Waals surface area contributed by atoms with Gasteiger partial charge in [0.15, 0.2) is 0 Å². The summed E-state index contributed by atoms with van der Waals surface area (Å²) in [5, 5.41) is 0. The van der Waals surface area contributed by atoms with Gasteiger partial charge in [-0.25, -0.2) is 9.98 Å². The second-order valence-corrected chi connectivity index (χ2v) is 3.97. The fourth-order valence-electron chi connectivity index (χ4n) is 1.16. The Kier molecular flexibility index (Phi) is 13.3. The predicted molar refractivity (Wildman–Crippen MR) is 69.5 cm³/mol. The SMILES string of the molecule is CCN=C=NCC(C)CCCN(C)C.Cl. The van der Waals surface area contributed by atoms with Gasteiger partial charge in [-0.15, -0.1) is 12.4 Å². The van der Waals surface area contributed by atoms with Crippen LogP contribution in [0, 0.1) is 5.92 Å². The van der Waals surface area contributed by atoms with Gasteiger partial charge in [0.05, 0.1) is 12.6 Å². The molecule has 0 saturated heterocycles. The molecule has 4 heteroatoms. The third-order valence-corrected chi connectivity index (χ3v) is 2.00. The summed E-state index contributed by atoms with van der Waals surface area (Å²) in [6.45, 7) is 7.02. The van der Waals surface area contributed by atoms with Gasteiger partial charge in [-0.1, -0.05) is 6.92 Å². The summed E-state index contributed by atoms with van der Waals surface area (Å²) in [5.74, 6) is 0.648. The zero-order valence-corrected chi connectivity index (χ0v) is 11.2. The van der Waals surface area contributed by atoms with Gasteiger partial charge in [-0.3, -0.25) is 0 Å². The zero-order chi connectivity index (χ0) is 10.8. The van der Waals surface area contributed by atoms with Gasteiger partial charge in [0.1, 0.15) is 0 Å². The van der Waals surface area contributed by atoms with Crippen LogP contribution in [0.3, 0.4) is 0 Å². The van der Waals surface area contributed by atoms with Crippen molar-refractivity contribution < 1.29 is 0 Å². The van der Waals surface area contributed by atoms with E-state index in [9.17, 15) is 0 Å². The van der Waals surface area contributed by atoms with Crippen LogP contribution in [-0.4, -0.2) is 44.6 Å². The minimum absolute atomic E-state index is 0. The van der Waals surface area contributed by atoms with E-state index in [1.807, 2.05) is 6.92 Å². The number of halogens is 1. The van der Waals surface area contributed by atoms with Crippen LogP contribution >= 0.6 is 12.4 Å². The summed E-state index contributed by atoms with van der Waals surface area (Å²) in [6, 6.07) is 2.70. The Labute approximate surface area is 100 Å². The molecule has 90 valence electrons. The summed E-state index contributed by atoms with van der Waals surface area (Å²) < 4.78 is 0. The highest BCUT2D eigenvalue weighted by molar-refractivity contribution is 5.85. The second-order valence-electron chi connectivity index (χ2n) is 3.97. The Morgan fingerprint density at radius 2 is 1.93 bits per heavy atom. The van der Waals surface area contributed by atoms with Crippen molar-refractivity contribution in [2.75, 3.05) is 33.7 Å². The molecule has 0 saturated carbocycles. The first-order valence-electron chi connectivity index (χ1n) is 5.39. The molecule has 0 aromatic carbocycles. The summed E-state index contributed by atoms with van der Waals surface area (Å²) >= 11 is 0. The molecule has 0 N–H and O–H groups in total. The quantitative estimate of drug-likeness (QED) is 0.622. The molecule has 0 aliphatic carbocycles. The van der Waals surface area contributed by atoms with Gasteiger partial charge in [0.25, 0.3) is 0 Å². The van der Waals surface area contributed by atoms with Crippen molar-refractivity contribution in [1.29, 1.82) is 0 Å². The van der Waals surface area contributed by atoms with Gasteiger partial charge in [0.2, 0.25) is 0 Å².